The summed E-state index contributed by atoms with van der Waals surface area (Å²) in [7, 11) is 3.85. The highest BCUT2D eigenvalue weighted by Gasteiger charge is 2.00. The summed E-state index contributed by atoms with van der Waals surface area (Å²) in [6.07, 6.45) is 1.83. The summed E-state index contributed by atoms with van der Waals surface area (Å²) in [5.74, 6) is 0.934. The van der Waals surface area contributed by atoms with Gasteiger partial charge in [0, 0.05) is 25.2 Å². The van der Waals surface area contributed by atoms with Gasteiger partial charge in [-0.3, -0.25) is 0 Å². The predicted molar refractivity (Wildman–Crippen MR) is 64.1 cm³/mol. The molecule has 3 nitrogen and oxygen atoms in total. The van der Waals surface area contributed by atoms with Crippen LogP contribution in [-0.4, -0.2) is 19.1 Å². The van der Waals surface area contributed by atoms with Gasteiger partial charge in [0.25, 0.3) is 0 Å². The van der Waals surface area contributed by atoms with Crippen LogP contribution in [0, 0.1) is 0 Å². The highest BCUT2D eigenvalue weighted by molar-refractivity contribution is 5.92. The third-order valence-electron chi connectivity index (χ3n) is 2.45. The fourth-order valence-corrected chi connectivity index (χ4v) is 1.74. The van der Waals surface area contributed by atoms with Crippen molar-refractivity contribution in [2.24, 2.45) is 0 Å². The zero-order valence-electron chi connectivity index (χ0n) is 9.04. The normalized spacial score (nSPS) is 10.5. The molecule has 0 saturated carbocycles. The Morgan fingerprint density at radius 3 is 2.80 bits per heavy atom. The Morgan fingerprint density at radius 1 is 1.20 bits per heavy atom. The lowest BCUT2D eigenvalue weighted by Crippen LogP contribution is -2.04. The molecule has 0 atom stereocenters. The summed E-state index contributed by atoms with van der Waals surface area (Å²) < 4.78 is 0. The third-order valence-corrected chi connectivity index (χ3v) is 2.45. The maximum absolute atomic E-state index is 4.27. The van der Waals surface area contributed by atoms with Gasteiger partial charge < -0.3 is 10.6 Å². The molecule has 0 fully saturated rings. The highest BCUT2D eigenvalue weighted by atomic mass is 14.9. The lowest BCUT2D eigenvalue weighted by Gasteiger charge is -2.06. The number of rotatable bonds is 3. The molecule has 2 aromatic rings. The Kier molecular flexibility index (Phi) is 2.83. The SMILES string of the molecule is CNCc1ccc2c(NC)nccc2c1. The number of hydrogen-bond acceptors (Lipinski definition) is 3. The van der Waals surface area contributed by atoms with Gasteiger partial charge in [-0.1, -0.05) is 12.1 Å². The minimum Gasteiger partial charge on any atom is -0.373 e. The minimum absolute atomic E-state index is 0.896. The van der Waals surface area contributed by atoms with Crippen LogP contribution in [0.3, 0.4) is 0 Å². The molecule has 2 rings (SSSR count). The zero-order chi connectivity index (χ0) is 10.7. The zero-order valence-corrected chi connectivity index (χ0v) is 9.04. The molecule has 3 heteroatoms. The molecule has 78 valence electrons. The van der Waals surface area contributed by atoms with Gasteiger partial charge in [-0.2, -0.15) is 0 Å². The molecular formula is C12H15N3. The first-order valence-corrected chi connectivity index (χ1v) is 5.05. The van der Waals surface area contributed by atoms with E-state index in [-0.39, 0.29) is 0 Å². The second-order valence-corrected chi connectivity index (χ2v) is 3.50. The first-order chi connectivity index (χ1) is 7.35. The van der Waals surface area contributed by atoms with E-state index in [0.717, 1.165) is 12.4 Å². The molecule has 1 aromatic carbocycles. The maximum atomic E-state index is 4.27. The molecule has 2 N–H and O–H groups in total. The van der Waals surface area contributed by atoms with Crippen LogP contribution in [0.4, 0.5) is 5.82 Å². The maximum Gasteiger partial charge on any atom is 0.133 e. The van der Waals surface area contributed by atoms with Crippen LogP contribution >= 0.6 is 0 Å². The van der Waals surface area contributed by atoms with E-state index in [1.807, 2.05) is 26.4 Å². The van der Waals surface area contributed by atoms with Gasteiger partial charge in [0.1, 0.15) is 5.82 Å². The smallest absolute Gasteiger partial charge is 0.133 e. The van der Waals surface area contributed by atoms with Crippen LogP contribution in [0.5, 0.6) is 0 Å². The third kappa shape index (κ3) is 1.92. The van der Waals surface area contributed by atoms with E-state index in [2.05, 4.69) is 33.8 Å². The molecule has 1 aromatic heterocycles. The van der Waals surface area contributed by atoms with Crippen LogP contribution in [0.15, 0.2) is 30.5 Å². The van der Waals surface area contributed by atoms with E-state index in [1.165, 1.54) is 16.3 Å². The molecular weight excluding hydrogens is 186 g/mol. The monoisotopic (exact) mass is 201 g/mol. The van der Waals surface area contributed by atoms with E-state index < -0.39 is 0 Å². The lowest BCUT2D eigenvalue weighted by atomic mass is 10.1. The van der Waals surface area contributed by atoms with E-state index in [1.54, 1.807) is 0 Å². The number of nitrogens with one attached hydrogen (secondary N) is 2. The number of aromatic nitrogens is 1. The lowest BCUT2D eigenvalue weighted by molar-refractivity contribution is 0.819. The van der Waals surface area contributed by atoms with Crippen molar-refractivity contribution in [2.75, 3.05) is 19.4 Å². The number of fused-ring (bicyclic) bond motifs is 1. The van der Waals surface area contributed by atoms with Crippen molar-refractivity contribution >= 4 is 16.6 Å². The van der Waals surface area contributed by atoms with Gasteiger partial charge >= 0.3 is 0 Å². The quantitative estimate of drug-likeness (QED) is 0.797. The highest BCUT2D eigenvalue weighted by Crippen LogP contribution is 2.21. The van der Waals surface area contributed by atoms with Crippen molar-refractivity contribution in [3.05, 3.63) is 36.0 Å². The number of benzene rings is 1. The van der Waals surface area contributed by atoms with Crippen molar-refractivity contribution in [3.63, 3.8) is 0 Å². The average molecular weight is 201 g/mol. The van der Waals surface area contributed by atoms with Crippen LogP contribution in [0.2, 0.25) is 0 Å². The number of pyridine rings is 1. The largest absolute Gasteiger partial charge is 0.373 e. The predicted octanol–water partition coefficient (Wildman–Crippen LogP) is 2.00. The Morgan fingerprint density at radius 2 is 2.07 bits per heavy atom. The van der Waals surface area contributed by atoms with Crippen LogP contribution in [-0.2, 0) is 6.54 Å². The Bertz CT molecular complexity index is 465. The number of hydrogen-bond donors (Lipinski definition) is 2. The van der Waals surface area contributed by atoms with Gasteiger partial charge in [0.05, 0.1) is 0 Å². The molecule has 0 radical (unpaired) electrons. The van der Waals surface area contributed by atoms with E-state index in [0.29, 0.717) is 0 Å². The topological polar surface area (TPSA) is 37.0 Å². The van der Waals surface area contributed by atoms with E-state index >= 15 is 0 Å². The average Bonchev–Trinajstić information content (AvgIpc) is 2.28. The Balaban J connectivity index is 2.53. The number of nitrogens with zero attached hydrogens (tertiary/aromatic N) is 1. The first kappa shape index (κ1) is 9.93. The first-order valence-electron chi connectivity index (χ1n) is 5.05. The standard InChI is InChI=1S/C12H15N3/c1-13-8-9-3-4-11-10(7-9)5-6-15-12(11)14-2/h3-7,13H,8H2,1-2H3,(H,14,15). The van der Waals surface area contributed by atoms with Gasteiger partial charge in [-0.25, -0.2) is 4.98 Å². The van der Waals surface area contributed by atoms with E-state index in [9.17, 15) is 0 Å². The van der Waals surface area contributed by atoms with Gasteiger partial charge in [-0.15, -0.1) is 0 Å². The van der Waals surface area contributed by atoms with Crippen LogP contribution in [0.25, 0.3) is 10.8 Å². The minimum atomic E-state index is 0.896. The summed E-state index contributed by atoms with van der Waals surface area (Å²) in [4.78, 5) is 4.27. The fraction of sp³-hybridized carbons (Fsp3) is 0.250. The Labute approximate surface area is 89.5 Å². The van der Waals surface area contributed by atoms with Gasteiger partial charge in [-0.05, 0) is 30.1 Å². The molecule has 0 saturated heterocycles. The second-order valence-electron chi connectivity index (χ2n) is 3.50. The Hall–Kier alpha value is -1.61. The summed E-state index contributed by atoms with van der Waals surface area (Å²) in [6.45, 7) is 0.896. The molecule has 0 spiro atoms. The molecule has 0 aliphatic carbocycles. The number of anilines is 1. The molecule has 0 unspecified atom stereocenters. The molecule has 0 aliphatic heterocycles. The summed E-state index contributed by atoms with van der Waals surface area (Å²) in [5, 5.41) is 8.63. The van der Waals surface area contributed by atoms with Crippen molar-refractivity contribution in [3.8, 4) is 0 Å². The summed E-state index contributed by atoms with van der Waals surface area (Å²) >= 11 is 0. The fourth-order valence-electron chi connectivity index (χ4n) is 1.74. The molecule has 0 bridgehead atoms. The summed E-state index contributed by atoms with van der Waals surface area (Å²) in [6, 6.07) is 8.46. The molecule has 15 heavy (non-hydrogen) atoms. The van der Waals surface area contributed by atoms with Gasteiger partial charge in [0.15, 0.2) is 0 Å². The van der Waals surface area contributed by atoms with E-state index in [4.69, 9.17) is 0 Å². The molecule has 0 amide bonds. The van der Waals surface area contributed by atoms with Crippen molar-refractivity contribution in [2.45, 2.75) is 6.54 Å². The molecule has 1 heterocycles. The van der Waals surface area contributed by atoms with Gasteiger partial charge in [0.2, 0.25) is 0 Å². The summed E-state index contributed by atoms with van der Waals surface area (Å²) in [5.41, 5.74) is 1.29. The van der Waals surface area contributed by atoms with Crippen LogP contribution in [0.1, 0.15) is 5.56 Å². The molecule has 0 aliphatic rings. The second kappa shape index (κ2) is 4.28. The van der Waals surface area contributed by atoms with Crippen molar-refractivity contribution < 1.29 is 0 Å². The van der Waals surface area contributed by atoms with Crippen molar-refractivity contribution in [1.29, 1.82) is 0 Å². The van der Waals surface area contributed by atoms with Crippen molar-refractivity contribution in [1.82, 2.24) is 10.3 Å². The van der Waals surface area contributed by atoms with Crippen LogP contribution < -0.4 is 10.6 Å².